The van der Waals surface area contributed by atoms with Crippen LogP contribution in [0.4, 0.5) is 0 Å². The lowest BCUT2D eigenvalue weighted by Crippen LogP contribution is -2.34. The van der Waals surface area contributed by atoms with Gasteiger partial charge in [0.1, 0.15) is 5.82 Å². The number of aromatic amines is 1. The molecule has 1 aromatic carbocycles. The Kier molecular flexibility index (Phi) is 3.35. The summed E-state index contributed by atoms with van der Waals surface area (Å²) >= 11 is 3.53. The van der Waals surface area contributed by atoms with Gasteiger partial charge in [0.2, 0.25) is 0 Å². The largest absolute Gasteiger partial charge is 0.342 e. The summed E-state index contributed by atoms with van der Waals surface area (Å²) < 4.78 is 1.06. The van der Waals surface area contributed by atoms with E-state index in [-0.39, 0.29) is 5.54 Å². The molecule has 0 spiro atoms. The van der Waals surface area contributed by atoms with Crippen LogP contribution in [-0.2, 0) is 6.42 Å². The van der Waals surface area contributed by atoms with Crippen LogP contribution in [0.5, 0.6) is 0 Å². The molecule has 0 aliphatic rings. The van der Waals surface area contributed by atoms with Gasteiger partial charge in [-0.05, 0) is 19.9 Å². The third-order valence-electron chi connectivity index (χ3n) is 2.42. The van der Waals surface area contributed by atoms with E-state index in [1.165, 1.54) is 0 Å². The van der Waals surface area contributed by atoms with Crippen molar-refractivity contribution in [3.05, 3.63) is 40.8 Å². The Morgan fingerprint density at radius 3 is 2.71 bits per heavy atom. The summed E-state index contributed by atoms with van der Waals surface area (Å²) in [5.41, 5.74) is 7.85. The summed E-state index contributed by atoms with van der Waals surface area (Å²) in [5, 5.41) is 0. The van der Waals surface area contributed by atoms with Crippen LogP contribution >= 0.6 is 15.9 Å². The number of nitrogens with one attached hydrogen (secondary N) is 1. The van der Waals surface area contributed by atoms with Crippen molar-refractivity contribution in [1.82, 2.24) is 9.97 Å². The van der Waals surface area contributed by atoms with Crippen LogP contribution in [0.2, 0.25) is 0 Å². The van der Waals surface area contributed by atoms with Gasteiger partial charge in [0.05, 0.1) is 11.9 Å². The molecule has 0 aliphatic carbocycles. The number of benzene rings is 1. The van der Waals surface area contributed by atoms with Crippen molar-refractivity contribution in [2.24, 2.45) is 5.73 Å². The molecule has 3 N–H and O–H groups in total. The van der Waals surface area contributed by atoms with Crippen molar-refractivity contribution in [3.8, 4) is 11.3 Å². The predicted molar refractivity (Wildman–Crippen MR) is 73.7 cm³/mol. The minimum atomic E-state index is -0.247. The molecule has 0 radical (unpaired) electrons. The molecule has 1 aromatic heterocycles. The molecule has 4 heteroatoms. The molecule has 0 saturated carbocycles. The summed E-state index contributed by atoms with van der Waals surface area (Å²) in [7, 11) is 0. The van der Waals surface area contributed by atoms with Crippen LogP contribution in [0, 0.1) is 0 Å². The van der Waals surface area contributed by atoms with E-state index < -0.39 is 0 Å². The molecular formula is C13H16BrN3. The molecule has 0 saturated heterocycles. The van der Waals surface area contributed by atoms with Gasteiger partial charge < -0.3 is 10.7 Å². The molecule has 0 unspecified atom stereocenters. The molecule has 17 heavy (non-hydrogen) atoms. The van der Waals surface area contributed by atoms with Crippen molar-refractivity contribution in [2.75, 3.05) is 0 Å². The maximum atomic E-state index is 5.98. The monoisotopic (exact) mass is 293 g/mol. The highest BCUT2D eigenvalue weighted by molar-refractivity contribution is 9.10. The first-order chi connectivity index (χ1) is 7.96. The van der Waals surface area contributed by atoms with Gasteiger partial charge in [0, 0.05) is 22.0 Å². The summed E-state index contributed by atoms with van der Waals surface area (Å²) in [6.07, 6.45) is 2.58. The van der Waals surface area contributed by atoms with Crippen LogP contribution in [0.15, 0.2) is 34.9 Å². The maximum Gasteiger partial charge on any atom is 0.108 e. The first-order valence-corrected chi connectivity index (χ1v) is 6.33. The van der Waals surface area contributed by atoms with Crippen molar-refractivity contribution < 1.29 is 0 Å². The minimum absolute atomic E-state index is 0.247. The third kappa shape index (κ3) is 3.17. The summed E-state index contributed by atoms with van der Waals surface area (Å²) in [6, 6.07) is 8.07. The van der Waals surface area contributed by atoms with Crippen LogP contribution in [0.1, 0.15) is 19.7 Å². The number of H-pyrrole nitrogens is 1. The van der Waals surface area contributed by atoms with Gasteiger partial charge >= 0.3 is 0 Å². The predicted octanol–water partition coefficient (Wildman–Crippen LogP) is 3.12. The third-order valence-corrected chi connectivity index (χ3v) is 3.11. The van der Waals surface area contributed by atoms with E-state index >= 15 is 0 Å². The number of aromatic nitrogens is 2. The van der Waals surface area contributed by atoms with Gasteiger partial charge in [0.25, 0.3) is 0 Å². The van der Waals surface area contributed by atoms with Crippen LogP contribution in [0.3, 0.4) is 0 Å². The standard InChI is InChI=1S/C13H16BrN3/c1-13(2,15)7-12-16-8-11(17-12)9-5-3-4-6-10(9)14/h3-6,8H,7,15H2,1-2H3,(H,16,17). The van der Waals surface area contributed by atoms with Crippen molar-refractivity contribution in [2.45, 2.75) is 25.8 Å². The first-order valence-electron chi connectivity index (χ1n) is 5.53. The van der Waals surface area contributed by atoms with Gasteiger partial charge in [-0.1, -0.05) is 34.1 Å². The molecule has 3 nitrogen and oxygen atoms in total. The minimum Gasteiger partial charge on any atom is -0.342 e. The highest BCUT2D eigenvalue weighted by atomic mass is 79.9. The highest BCUT2D eigenvalue weighted by Gasteiger charge is 2.14. The Bertz CT molecular complexity index is 511. The zero-order valence-corrected chi connectivity index (χ0v) is 11.6. The summed E-state index contributed by atoms with van der Waals surface area (Å²) in [6.45, 7) is 3.99. The quantitative estimate of drug-likeness (QED) is 0.913. The summed E-state index contributed by atoms with van der Waals surface area (Å²) in [4.78, 5) is 7.67. The number of hydrogen-bond donors (Lipinski definition) is 2. The number of nitrogens with two attached hydrogens (primary N) is 1. The zero-order valence-electron chi connectivity index (χ0n) is 10.00. The highest BCUT2D eigenvalue weighted by Crippen LogP contribution is 2.26. The number of rotatable bonds is 3. The lowest BCUT2D eigenvalue weighted by molar-refractivity contribution is 0.505. The van der Waals surface area contributed by atoms with E-state index in [9.17, 15) is 0 Å². The lowest BCUT2D eigenvalue weighted by Gasteiger charge is -2.15. The maximum absolute atomic E-state index is 5.98. The van der Waals surface area contributed by atoms with Crippen LogP contribution in [0.25, 0.3) is 11.3 Å². The van der Waals surface area contributed by atoms with Crippen LogP contribution < -0.4 is 5.73 Å². The molecule has 0 amide bonds. The van der Waals surface area contributed by atoms with Crippen molar-refractivity contribution in [3.63, 3.8) is 0 Å². The average Bonchev–Trinajstić information content (AvgIpc) is 2.64. The van der Waals surface area contributed by atoms with Crippen molar-refractivity contribution >= 4 is 15.9 Å². The Morgan fingerprint density at radius 1 is 1.35 bits per heavy atom. The fraction of sp³-hybridized carbons (Fsp3) is 0.308. The molecule has 0 aliphatic heterocycles. The molecule has 0 fully saturated rings. The normalized spacial score (nSPS) is 11.8. The topological polar surface area (TPSA) is 54.7 Å². The number of halogens is 1. The van der Waals surface area contributed by atoms with Crippen molar-refractivity contribution in [1.29, 1.82) is 0 Å². The Labute approximate surface area is 110 Å². The van der Waals surface area contributed by atoms with Gasteiger partial charge in [0.15, 0.2) is 0 Å². The molecule has 90 valence electrons. The van der Waals surface area contributed by atoms with Gasteiger partial charge in [-0.15, -0.1) is 0 Å². The second-order valence-corrected chi connectivity index (χ2v) is 5.74. The molecule has 2 aromatic rings. The average molecular weight is 294 g/mol. The van der Waals surface area contributed by atoms with E-state index in [4.69, 9.17) is 5.73 Å². The Morgan fingerprint density at radius 2 is 2.06 bits per heavy atom. The van der Waals surface area contributed by atoms with E-state index in [0.29, 0.717) is 0 Å². The fourth-order valence-electron chi connectivity index (χ4n) is 1.70. The zero-order chi connectivity index (χ0) is 12.5. The van der Waals surface area contributed by atoms with Crippen LogP contribution in [-0.4, -0.2) is 15.5 Å². The van der Waals surface area contributed by atoms with E-state index in [2.05, 4.69) is 32.0 Å². The fourth-order valence-corrected chi connectivity index (χ4v) is 2.20. The van der Waals surface area contributed by atoms with Gasteiger partial charge in [-0.3, -0.25) is 0 Å². The Hall–Kier alpha value is -1.13. The number of hydrogen-bond acceptors (Lipinski definition) is 2. The second kappa shape index (κ2) is 4.63. The van der Waals surface area contributed by atoms with Gasteiger partial charge in [-0.2, -0.15) is 0 Å². The molecule has 0 atom stereocenters. The molecular weight excluding hydrogens is 278 g/mol. The number of nitrogens with zero attached hydrogens (tertiary/aromatic N) is 1. The SMILES string of the molecule is CC(C)(N)Cc1ncc(-c2ccccc2Br)[nH]1. The van der Waals surface area contributed by atoms with E-state index in [0.717, 1.165) is 28.0 Å². The van der Waals surface area contributed by atoms with E-state index in [1.807, 2.05) is 38.2 Å². The summed E-state index contributed by atoms with van der Waals surface area (Å²) in [5.74, 6) is 0.920. The smallest absolute Gasteiger partial charge is 0.108 e. The second-order valence-electron chi connectivity index (χ2n) is 4.89. The first kappa shape index (κ1) is 12.3. The lowest BCUT2D eigenvalue weighted by atomic mass is 10.0. The molecule has 0 bridgehead atoms. The molecule has 2 rings (SSSR count). The van der Waals surface area contributed by atoms with E-state index in [1.54, 1.807) is 0 Å². The molecule has 1 heterocycles. The Balaban J connectivity index is 2.28. The van der Waals surface area contributed by atoms with Gasteiger partial charge in [-0.25, -0.2) is 4.98 Å². The number of imidazole rings is 1.